The lowest BCUT2D eigenvalue weighted by Crippen LogP contribution is -2.13. The SMILES string of the molecule is COC(=O)COc1cc(C2CCCCC2)ccc1C. The van der Waals surface area contributed by atoms with Crippen LogP contribution in [0.5, 0.6) is 5.75 Å². The summed E-state index contributed by atoms with van der Waals surface area (Å²) in [5.41, 5.74) is 2.40. The summed E-state index contributed by atoms with van der Waals surface area (Å²) in [6.45, 7) is 1.97. The van der Waals surface area contributed by atoms with Crippen LogP contribution in [0.1, 0.15) is 49.1 Å². The van der Waals surface area contributed by atoms with E-state index in [-0.39, 0.29) is 12.6 Å². The molecule has 1 aliphatic rings. The molecule has 0 heterocycles. The Kier molecular flexibility index (Phi) is 4.83. The molecule has 3 nitrogen and oxygen atoms in total. The molecular weight excluding hydrogens is 240 g/mol. The van der Waals surface area contributed by atoms with Gasteiger partial charge < -0.3 is 9.47 Å². The Hall–Kier alpha value is -1.51. The summed E-state index contributed by atoms with van der Waals surface area (Å²) >= 11 is 0. The maximum atomic E-state index is 11.1. The molecule has 0 radical (unpaired) electrons. The lowest BCUT2D eigenvalue weighted by Gasteiger charge is -2.22. The van der Waals surface area contributed by atoms with Gasteiger partial charge in [-0.15, -0.1) is 0 Å². The summed E-state index contributed by atoms with van der Waals surface area (Å²) in [5, 5.41) is 0. The van der Waals surface area contributed by atoms with Gasteiger partial charge in [0, 0.05) is 0 Å². The summed E-state index contributed by atoms with van der Waals surface area (Å²) < 4.78 is 10.1. The number of aryl methyl sites for hydroxylation is 1. The molecule has 0 saturated heterocycles. The summed E-state index contributed by atoms with van der Waals surface area (Å²) in [7, 11) is 1.37. The van der Waals surface area contributed by atoms with Crippen molar-refractivity contribution in [1.29, 1.82) is 0 Å². The van der Waals surface area contributed by atoms with Gasteiger partial charge in [-0.2, -0.15) is 0 Å². The highest BCUT2D eigenvalue weighted by Crippen LogP contribution is 2.34. The topological polar surface area (TPSA) is 35.5 Å². The molecule has 1 fully saturated rings. The van der Waals surface area contributed by atoms with Crippen molar-refractivity contribution in [2.45, 2.75) is 44.9 Å². The molecule has 1 aromatic carbocycles. The molecule has 0 spiro atoms. The van der Waals surface area contributed by atoms with Crippen molar-refractivity contribution in [2.75, 3.05) is 13.7 Å². The van der Waals surface area contributed by atoms with Crippen molar-refractivity contribution in [3.63, 3.8) is 0 Å². The number of ether oxygens (including phenoxy) is 2. The van der Waals surface area contributed by atoms with Crippen LogP contribution in [0.2, 0.25) is 0 Å². The van der Waals surface area contributed by atoms with Gasteiger partial charge in [-0.05, 0) is 42.9 Å². The number of carbonyl (C=O) groups excluding carboxylic acids is 1. The van der Waals surface area contributed by atoms with E-state index in [2.05, 4.69) is 22.9 Å². The molecule has 0 unspecified atom stereocenters. The number of rotatable bonds is 4. The zero-order valence-electron chi connectivity index (χ0n) is 11.8. The first-order valence-corrected chi connectivity index (χ1v) is 7.01. The second kappa shape index (κ2) is 6.60. The molecule has 0 amide bonds. The Morgan fingerprint density at radius 1 is 1.26 bits per heavy atom. The Bertz CT molecular complexity index is 434. The molecule has 0 aliphatic heterocycles. The van der Waals surface area contributed by atoms with Crippen LogP contribution in [0.4, 0.5) is 0 Å². The molecule has 104 valence electrons. The number of benzene rings is 1. The number of methoxy groups -OCH3 is 1. The van der Waals surface area contributed by atoms with E-state index >= 15 is 0 Å². The van der Waals surface area contributed by atoms with Crippen LogP contribution in [-0.4, -0.2) is 19.7 Å². The van der Waals surface area contributed by atoms with Crippen LogP contribution in [0.25, 0.3) is 0 Å². The highest BCUT2D eigenvalue weighted by molar-refractivity contribution is 5.70. The highest BCUT2D eigenvalue weighted by Gasteiger charge is 2.16. The van der Waals surface area contributed by atoms with E-state index in [9.17, 15) is 4.79 Å². The van der Waals surface area contributed by atoms with Crippen LogP contribution < -0.4 is 4.74 Å². The molecule has 1 aliphatic carbocycles. The quantitative estimate of drug-likeness (QED) is 0.778. The van der Waals surface area contributed by atoms with E-state index in [1.165, 1.54) is 44.8 Å². The minimum Gasteiger partial charge on any atom is -0.482 e. The first-order chi connectivity index (χ1) is 9.20. The zero-order valence-corrected chi connectivity index (χ0v) is 11.8. The van der Waals surface area contributed by atoms with E-state index in [1.807, 2.05) is 6.92 Å². The monoisotopic (exact) mass is 262 g/mol. The summed E-state index contributed by atoms with van der Waals surface area (Å²) in [4.78, 5) is 11.1. The molecule has 2 rings (SSSR count). The van der Waals surface area contributed by atoms with Crippen molar-refractivity contribution in [2.24, 2.45) is 0 Å². The van der Waals surface area contributed by atoms with E-state index in [1.54, 1.807) is 0 Å². The average molecular weight is 262 g/mol. The maximum Gasteiger partial charge on any atom is 0.343 e. The maximum absolute atomic E-state index is 11.1. The fourth-order valence-corrected chi connectivity index (χ4v) is 2.66. The Balaban J connectivity index is 2.07. The summed E-state index contributed by atoms with van der Waals surface area (Å²) in [6.07, 6.45) is 6.51. The fourth-order valence-electron chi connectivity index (χ4n) is 2.66. The number of hydrogen-bond acceptors (Lipinski definition) is 3. The van der Waals surface area contributed by atoms with Crippen molar-refractivity contribution in [3.8, 4) is 5.75 Å². The average Bonchev–Trinajstić information content (AvgIpc) is 2.47. The van der Waals surface area contributed by atoms with Gasteiger partial charge in [0.15, 0.2) is 6.61 Å². The molecule has 0 aromatic heterocycles. The van der Waals surface area contributed by atoms with Gasteiger partial charge in [-0.25, -0.2) is 4.79 Å². The molecule has 19 heavy (non-hydrogen) atoms. The van der Waals surface area contributed by atoms with Crippen molar-refractivity contribution in [3.05, 3.63) is 29.3 Å². The standard InChI is InChI=1S/C16H22O3/c1-12-8-9-14(13-6-4-3-5-7-13)10-15(12)19-11-16(17)18-2/h8-10,13H,3-7,11H2,1-2H3. The second-order valence-corrected chi connectivity index (χ2v) is 5.22. The van der Waals surface area contributed by atoms with Crippen LogP contribution in [-0.2, 0) is 9.53 Å². The van der Waals surface area contributed by atoms with E-state index < -0.39 is 0 Å². The van der Waals surface area contributed by atoms with Crippen LogP contribution >= 0.6 is 0 Å². The largest absolute Gasteiger partial charge is 0.482 e. The Morgan fingerprint density at radius 2 is 2.00 bits per heavy atom. The third-order valence-corrected chi connectivity index (χ3v) is 3.86. The lowest BCUT2D eigenvalue weighted by atomic mass is 9.84. The van der Waals surface area contributed by atoms with Crippen molar-refractivity contribution in [1.82, 2.24) is 0 Å². The second-order valence-electron chi connectivity index (χ2n) is 5.22. The van der Waals surface area contributed by atoms with Crippen LogP contribution in [0, 0.1) is 6.92 Å². The first-order valence-electron chi connectivity index (χ1n) is 7.01. The van der Waals surface area contributed by atoms with Gasteiger partial charge in [0.25, 0.3) is 0 Å². The third-order valence-electron chi connectivity index (χ3n) is 3.86. The van der Waals surface area contributed by atoms with E-state index in [4.69, 9.17) is 4.74 Å². The minimum atomic E-state index is -0.345. The molecule has 0 atom stereocenters. The van der Waals surface area contributed by atoms with Gasteiger partial charge in [0.2, 0.25) is 0 Å². The summed E-state index contributed by atoms with van der Waals surface area (Å²) in [5.74, 6) is 1.10. The first kappa shape index (κ1) is 13.9. The highest BCUT2D eigenvalue weighted by atomic mass is 16.6. The number of esters is 1. The van der Waals surface area contributed by atoms with E-state index in [0.717, 1.165) is 11.3 Å². The minimum absolute atomic E-state index is 0.0224. The lowest BCUT2D eigenvalue weighted by molar-refractivity contribution is -0.142. The van der Waals surface area contributed by atoms with Crippen molar-refractivity contribution >= 4 is 5.97 Å². The fraction of sp³-hybridized carbons (Fsp3) is 0.562. The van der Waals surface area contributed by atoms with Gasteiger partial charge in [-0.1, -0.05) is 31.4 Å². The Labute approximate surface area is 114 Å². The molecule has 1 aromatic rings. The van der Waals surface area contributed by atoms with Crippen molar-refractivity contribution < 1.29 is 14.3 Å². The molecule has 3 heteroatoms. The molecule has 1 saturated carbocycles. The molecule has 0 N–H and O–H groups in total. The predicted octanol–water partition coefficient (Wildman–Crippen LogP) is 3.59. The smallest absolute Gasteiger partial charge is 0.343 e. The third kappa shape index (κ3) is 3.72. The van der Waals surface area contributed by atoms with Gasteiger partial charge in [0.1, 0.15) is 5.75 Å². The Morgan fingerprint density at radius 3 is 2.68 bits per heavy atom. The zero-order chi connectivity index (χ0) is 13.7. The molecular formula is C16H22O3. The van der Waals surface area contributed by atoms with Gasteiger partial charge >= 0.3 is 5.97 Å². The predicted molar refractivity (Wildman–Crippen MR) is 74.5 cm³/mol. The van der Waals surface area contributed by atoms with Gasteiger partial charge in [-0.3, -0.25) is 0 Å². The van der Waals surface area contributed by atoms with Crippen LogP contribution in [0.15, 0.2) is 18.2 Å². The number of hydrogen-bond donors (Lipinski definition) is 0. The van der Waals surface area contributed by atoms with Gasteiger partial charge in [0.05, 0.1) is 7.11 Å². The summed E-state index contributed by atoms with van der Waals surface area (Å²) in [6, 6.07) is 6.36. The normalized spacial score (nSPS) is 16.1. The van der Waals surface area contributed by atoms with Crippen LogP contribution in [0.3, 0.4) is 0 Å². The number of carbonyl (C=O) groups is 1. The molecule has 0 bridgehead atoms. The van der Waals surface area contributed by atoms with E-state index in [0.29, 0.717) is 5.92 Å².